The van der Waals surface area contributed by atoms with Crippen LogP contribution in [0.1, 0.15) is 11.3 Å². The average molecular weight is 306 g/mol. The van der Waals surface area contributed by atoms with Gasteiger partial charge in [0, 0.05) is 5.56 Å². The Balaban J connectivity index is 2.32. The smallest absolute Gasteiger partial charge is 0.227 e. The van der Waals surface area contributed by atoms with E-state index in [1.165, 1.54) is 12.1 Å². The van der Waals surface area contributed by atoms with Gasteiger partial charge in [0.05, 0.1) is 11.9 Å². The average Bonchev–Trinajstić information content (AvgIpc) is 2.88. The fourth-order valence-electron chi connectivity index (χ4n) is 2.01. The molecule has 0 spiro atoms. The molecule has 0 N–H and O–H groups in total. The number of hydrogen-bond donors (Lipinski definition) is 0. The lowest BCUT2D eigenvalue weighted by molar-refractivity contribution is -0.142. The van der Waals surface area contributed by atoms with E-state index in [2.05, 4.69) is 10.1 Å². The number of rotatable bonds is 1. The summed E-state index contributed by atoms with van der Waals surface area (Å²) < 4.78 is 53.0. The van der Waals surface area contributed by atoms with Crippen LogP contribution in [0, 0.1) is 17.1 Å². The molecule has 0 saturated heterocycles. The van der Waals surface area contributed by atoms with Gasteiger partial charge in [0.1, 0.15) is 17.4 Å². The molecule has 0 bridgehead atoms. The molecule has 0 aliphatic heterocycles. The second-order valence-corrected chi connectivity index (χ2v) is 4.44. The Labute approximate surface area is 121 Å². The van der Waals surface area contributed by atoms with Gasteiger partial charge in [-0.3, -0.25) is 0 Å². The van der Waals surface area contributed by atoms with Gasteiger partial charge in [-0.15, -0.1) is 0 Å². The highest BCUT2D eigenvalue weighted by molar-refractivity contribution is 5.65. The molecular weight excluding hydrogens is 300 g/mol. The highest BCUT2D eigenvalue weighted by atomic mass is 19.4. The van der Waals surface area contributed by atoms with Crippen LogP contribution < -0.4 is 0 Å². The molecule has 0 amide bonds. The summed E-state index contributed by atoms with van der Waals surface area (Å²) in [6, 6.07) is 7.43. The third kappa shape index (κ3) is 2.26. The first-order valence-corrected chi connectivity index (χ1v) is 6.02. The third-order valence-electron chi connectivity index (χ3n) is 3.02. The van der Waals surface area contributed by atoms with Crippen molar-refractivity contribution >= 4 is 5.65 Å². The van der Waals surface area contributed by atoms with E-state index in [1.807, 2.05) is 0 Å². The van der Waals surface area contributed by atoms with E-state index in [9.17, 15) is 17.6 Å². The molecule has 0 aliphatic rings. The maximum atomic E-state index is 13.2. The number of aromatic nitrogens is 3. The summed E-state index contributed by atoms with van der Waals surface area (Å²) in [5.41, 5.74) is -1.04. The zero-order valence-corrected chi connectivity index (χ0v) is 10.8. The first-order valence-electron chi connectivity index (χ1n) is 6.02. The standard InChI is InChI=1S/C14H6F4N4/c15-10-3-1-8(2-4-10)11-5-12(14(16,17)18)22-13(21-11)9(6-19)7-20-22/h1-5,7H. The third-order valence-corrected chi connectivity index (χ3v) is 3.02. The zero-order valence-electron chi connectivity index (χ0n) is 10.8. The Bertz CT molecular complexity index is 888. The van der Waals surface area contributed by atoms with Crippen molar-refractivity contribution in [1.82, 2.24) is 14.6 Å². The van der Waals surface area contributed by atoms with Gasteiger partial charge in [-0.05, 0) is 30.3 Å². The minimum absolute atomic E-state index is 0.0168. The first-order chi connectivity index (χ1) is 10.4. The summed E-state index contributed by atoms with van der Waals surface area (Å²) in [4.78, 5) is 4.04. The molecule has 22 heavy (non-hydrogen) atoms. The van der Waals surface area contributed by atoms with Crippen molar-refractivity contribution in [2.45, 2.75) is 6.18 Å². The molecule has 0 radical (unpaired) electrons. The van der Waals surface area contributed by atoms with Gasteiger partial charge in [0.15, 0.2) is 11.3 Å². The summed E-state index contributed by atoms with van der Waals surface area (Å²) in [5, 5.41) is 12.5. The molecule has 0 fully saturated rings. The maximum absolute atomic E-state index is 13.2. The Kier molecular flexibility index (Phi) is 3.06. The predicted molar refractivity (Wildman–Crippen MR) is 68.1 cm³/mol. The molecule has 8 heteroatoms. The van der Waals surface area contributed by atoms with Gasteiger partial charge in [0.25, 0.3) is 0 Å². The molecule has 2 aromatic heterocycles. The van der Waals surface area contributed by atoms with Crippen molar-refractivity contribution in [3.63, 3.8) is 0 Å². The van der Waals surface area contributed by atoms with Crippen LogP contribution in [0.15, 0.2) is 36.5 Å². The lowest BCUT2D eigenvalue weighted by Crippen LogP contribution is -2.13. The molecule has 0 unspecified atom stereocenters. The Hall–Kier alpha value is -2.95. The van der Waals surface area contributed by atoms with Gasteiger partial charge < -0.3 is 0 Å². The number of alkyl halides is 3. The molecular formula is C14H6F4N4. The number of halogens is 4. The molecule has 4 nitrogen and oxygen atoms in total. The highest BCUT2D eigenvalue weighted by Crippen LogP contribution is 2.32. The van der Waals surface area contributed by atoms with E-state index in [0.29, 0.717) is 10.1 Å². The van der Waals surface area contributed by atoms with Crippen molar-refractivity contribution in [2.24, 2.45) is 0 Å². The second kappa shape index (κ2) is 4.80. The summed E-state index contributed by atoms with van der Waals surface area (Å²) in [5.74, 6) is -0.511. The van der Waals surface area contributed by atoms with Crippen LogP contribution in [0.5, 0.6) is 0 Å². The predicted octanol–water partition coefficient (Wildman–Crippen LogP) is 3.43. The Morgan fingerprint density at radius 2 is 1.82 bits per heavy atom. The lowest BCUT2D eigenvalue weighted by atomic mass is 10.1. The number of nitrogens with zero attached hydrogens (tertiary/aromatic N) is 4. The summed E-state index contributed by atoms with van der Waals surface area (Å²) in [6.45, 7) is 0. The van der Waals surface area contributed by atoms with Gasteiger partial charge in [-0.1, -0.05) is 0 Å². The van der Waals surface area contributed by atoms with E-state index < -0.39 is 17.7 Å². The van der Waals surface area contributed by atoms with Crippen molar-refractivity contribution < 1.29 is 17.6 Å². The van der Waals surface area contributed by atoms with Crippen molar-refractivity contribution in [2.75, 3.05) is 0 Å². The quantitative estimate of drug-likeness (QED) is 0.647. The fourth-order valence-corrected chi connectivity index (χ4v) is 2.01. The normalized spacial score (nSPS) is 11.6. The van der Waals surface area contributed by atoms with Crippen molar-refractivity contribution in [3.05, 3.63) is 53.6 Å². The minimum atomic E-state index is -4.67. The van der Waals surface area contributed by atoms with Crippen LogP contribution in [0.25, 0.3) is 16.9 Å². The van der Waals surface area contributed by atoms with Crippen LogP contribution >= 0.6 is 0 Å². The van der Waals surface area contributed by atoms with Crippen LogP contribution in [-0.4, -0.2) is 14.6 Å². The fraction of sp³-hybridized carbons (Fsp3) is 0.0714. The largest absolute Gasteiger partial charge is 0.433 e. The lowest BCUT2D eigenvalue weighted by Gasteiger charge is -2.11. The van der Waals surface area contributed by atoms with Crippen LogP contribution in [0.4, 0.5) is 17.6 Å². The monoisotopic (exact) mass is 306 g/mol. The Morgan fingerprint density at radius 1 is 1.14 bits per heavy atom. The molecule has 1 aromatic carbocycles. The Morgan fingerprint density at radius 3 is 2.41 bits per heavy atom. The van der Waals surface area contributed by atoms with E-state index in [0.717, 1.165) is 24.4 Å². The van der Waals surface area contributed by atoms with Crippen LogP contribution in [0.3, 0.4) is 0 Å². The van der Waals surface area contributed by atoms with Crippen molar-refractivity contribution in [3.8, 4) is 17.3 Å². The summed E-state index contributed by atoms with van der Waals surface area (Å²) in [6.07, 6.45) is -3.65. The molecule has 0 aliphatic carbocycles. The molecule has 3 aromatic rings. The van der Waals surface area contributed by atoms with E-state index in [1.54, 1.807) is 6.07 Å². The number of fused-ring (bicyclic) bond motifs is 1. The highest BCUT2D eigenvalue weighted by Gasteiger charge is 2.35. The topological polar surface area (TPSA) is 54.0 Å². The maximum Gasteiger partial charge on any atom is 0.433 e. The number of hydrogen-bond acceptors (Lipinski definition) is 3. The molecule has 110 valence electrons. The molecule has 3 rings (SSSR count). The SMILES string of the molecule is N#Cc1cnn2c(C(F)(F)F)cc(-c3ccc(F)cc3)nc12. The van der Waals surface area contributed by atoms with Crippen LogP contribution in [0.2, 0.25) is 0 Å². The van der Waals surface area contributed by atoms with Crippen LogP contribution in [-0.2, 0) is 6.18 Å². The zero-order chi connectivity index (χ0) is 15.9. The van der Waals surface area contributed by atoms with Gasteiger partial charge in [-0.2, -0.15) is 23.5 Å². The summed E-state index contributed by atoms with van der Waals surface area (Å²) >= 11 is 0. The van der Waals surface area contributed by atoms with Gasteiger partial charge in [0.2, 0.25) is 0 Å². The van der Waals surface area contributed by atoms with E-state index >= 15 is 0 Å². The van der Waals surface area contributed by atoms with E-state index in [4.69, 9.17) is 5.26 Å². The first kappa shape index (κ1) is 14.0. The molecule has 0 atom stereocenters. The summed E-state index contributed by atoms with van der Waals surface area (Å²) in [7, 11) is 0. The van der Waals surface area contributed by atoms with E-state index in [-0.39, 0.29) is 16.9 Å². The second-order valence-electron chi connectivity index (χ2n) is 4.44. The van der Waals surface area contributed by atoms with Gasteiger partial charge >= 0.3 is 6.18 Å². The number of benzene rings is 1. The van der Waals surface area contributed by atoms with Gasteiger partial charge in [-0.25, -0.2) is 13.9 Å². The molecule has 2 heterocycles. The molecule has 0 saturated carbocycles. The minimum Gasteiger partial charge on any atom is -0.227 e. The number of nitriles is 1. The van der Waals surface area contributed by atoms with Crippen molar-refractivity contribution in [1.29, 1.82) is 5.26 Å².